The smallest absolute Gasteiger partial charge is 0.0467 e. The summed E-state index contributed by atoms with van der Waals surface area (Å²) in [4.78, 5) is 2.18. The second kappa shape index (κ2) is 5.19. The van der Waals surface area contributed by atoms with Crippen LogP contribution in [0.1, 0.15) is 43.5 Å². The molecule has 1 atom stereocenters. The Labute approximate surface area is 106 Å². The number of aryl methyl sites for hydroxylation is 1. The average Bonchev–Trinajstić information content (AvgIpc) is 2.19. The van der Waals surface area contributed by atoms with Crippen molar-refractivity contribution in [2.75, 3.05) is 20.6 Å². The maximum absolute atomic E-state index is 5.86. The average molecular weight is 234 g/mol. The molecule has 2 nitrogen and oxygen atoms in total. The van der Waals surface area contributed by atoms with Gasteiger partial charge in [0, 0.05) is 12.6 Å². The molecule has 1 aromatic carbocycles. The van der Waals surface area contributed by atoms with E-state index in [4.69, 9.17) is 5.73 Å². The quantitative estimate of drug-likeness (QED) is 0.871. The van der Waals surface area contributed by atoms with Gasteiger partial charge in [-0.05, 0) is 43.1 Å². The van der Waals surface area contributed by atoms with E-state index in [0.29, 0.717) is 12.6 Å². The first-order valence-electron chi connectivity index (χ1n) is 6.25. The Morgan fingerprint density at radius 1 is 1.24 bits per heavy atom. The number of hydrogen-bond acceptors (Lipinski definition) is 2. The summed E-state index contributed by atoms with van der Waals surface area (Å²) in [5, 5.41) is 0. The fourth-order valence-corrected chi connectivity index (χ4v) is 2.13. The lowest BCUT2D eigenvalue weighted by Crippen LogP contribution is -2.28. The Morgan fingerprint density at radius 2 is 1.82 bits per heavy atom. The molecule has 0 saturated carbocycles. The van der Waals surface area contributed by atoms with Crippen LogP contribution in [0.5, 0.6) is 0 Å². The van der Waals surface area contributed by atoms with E-state index in [2.05, 4.69) is 64.9 Å². The minimum Gasteiger partial charge on any atom is -0.329 e. The molecule has 1 rings (SSSR count). The molecule has 0 saturated heterocycles. The molecule has 0 radical (unpaired) electrons. The van der Waals surface area contributed by atoms with Crippen LogP contribution in [0.4, 0.5) is 0 Å². The fraction of sp³-hybridized carbons (Fsp3) is 0.600. The highest BCUT2D eigenvalue weighted by Crippen LogP contribution is 2.27. The molecule has 0 aliphatic heterocycles. The Balaban J connectivity index is 3.13. The summed E-state index contributed by atoms with van der Waals surface area (Å²) < 4.78 is 0. The summed E-state index contributed by atoms with van der Waals surface area (Å²) in [5.41, 5.74) is 10.1. The molecule has 1 unspecified atom stereocenters. The van der Waals surface area contributed by atoms with E-state index >= 15 is 0 Å². The molecule has 0 aromatic heterocycles. The van der Waals surface area contributed by atoms with Gasteiger partial charge in [-0.15, -0.1) is 0 Å². The van der Waals surface area contributed by atoms with E-state index in [1.54, 1.807) is 0 Å². The van der Waals surface area contributed by atoms with Gasteiger partial charge in [0.2, 0.25) is 0 Å². The minimum absolute atomic E-state index is 0.208. The summed E-state index contributed by atoms with van der Waals surface area (Å²) in [6.45, 7) is 9.56. The van der Waals surface area contributed by atoms with Gasteiger partial charge in [-0.2, -0.15) is 0 Å². The maximum Gasteiger partial charge on any atom is 0.0467 e. The standard InChI is InChI=1S/C15H26N2/c1-11-9-12(15(2,3)4)7-8-13(11)14(10-16)17(5)6/h7-9,14H,10,16H2,1-6H3. The zero-order valence-corrected chi connectivity index (χ0v) is 12.0. The van der Waals surface area contributed by atoms with Crippen molar-refractivity contribution in [2.24, 2.45) is 5.73 Å². The highest BCUT2D eigenvalue weighted by Gasteiger charge is 2.18. The van der Waals surface area contributed by atoms with Crippen LogP contribution in [0.15, 0.2) is 18.2 Å². The number of nitrogens with two attached hydrogens (primary N) is 1. The van der Waals surface area contributed by atoms with Crippen molar-refractivity contribution in [1.82, 2.24) is 4.90 Å². The van der Waals surface area contributed by atoms with Crippen molar-refractivity contribution in [1.29, 1.82) is 0 Å². The molecular formula is C15H26N2. The van der Waals surface area contributed by atoms with Crippen LogP contribution in [-0.4, -0.2) is 25.5 Å². The minimum atomic E-state index is 0.208. The third-order valence-electron chi connectivity index (χ3n) is 3.34. The SMILES string of the molecule is Cc1cc(C(C)(C)C)ccc1C(CN)N(C)C. The van der Waals surface area contributed by atoms with Gasteiger partial charge in [0.1, 0.15) is 0 Å². The molecule has 0 bridgehead atoms. The largest absolute Gasteiger partial charge is 0.329 e. The van der Waals surface area contributed by atoms with Crippen molar-refractivity contribution < 1.29 is 0 Å². The lowest BCUT2D eigenvalue weighted by atomic mass is 9.84. The van der Waals surface area contributed by atoms with Gasteiger partial charge in [-0.3, -0.25) is 0 Å². The second-order valence-electron chi connectivity index (χ2n) is 6.04. The molecule has 1 aromatic rings. The topological polar surface area (TPSA) is 29.3 Å². The Hall–Kier alpha value is -0.860. The van der Waals surface area contributed by atoms with Gasteiger partial charge in [-0.25, -0.2) is 0 Å². The first kappa shape index (κ1) is 14.2. The summed E-state index contributed by atoms with van der Waals surface area (Å²) in [6.07, 6.45) is 0. The van der Waals surface area contributed by atoms with Gasteiger partial charge in [-0.1, -0.05) is 39.0 Å². The van der Waals surface area contributed by atoms with Crippen LogP contribution in [0, 0.1) is 6.92 Å². The second-order valence-corrected chi connectivity index (χ2v) is 6.04. The van der Waals surface area contributed by atoms with Crippen molar-refractivity contribution in [2.45, 2.75) is 39.2 Å². The van der Waals surface area contributed by atoms with Crippen LogP contribution in [0.2, 0.25) is 0 Å². The van der Waals surface area contributed by atoms with E-state index in [0.717, 1.165) is 0 Å². The summed E-state index contributed by atoms with van der Waals surface area (Å²) in [7, 11) is 4.16. The predicted molar refractivity (Wildman–Crippen MR) is 75.4 cm³/mol. The lowest BCUT2D eigenvalue weighted by molar-refractivity contribution is 0.305. The van der Waals surface area contributed by atoms with Crippen molar-refractivity contribution in [3.05, 3.63) is 34.9 Å². The first-order chi connectivity index (χ1) is 7.77. The number of likely N-dealkylation sites (N-methyl/N-ethyl adjacent to an activating group) is 1. The third kappa shape index (κ3) is 3.30. The van der Waals surface area contributed by atoms with Gasteiger partial charge in [0.05, 0.1) is 0 Å². The van der Waals surface area contributed by atoms with Crippen LogP contribution < -0.4 is 5.73 Å². The van der Waals surface area contributed by atoms with Gasteiger partial charge in [0.15, 0.2) is 0 Å². The third-order valence-corrected chi connectivity index (χ3v) is 3.34. The Bertz CT molecular complexity index is 375. The summed E-state index contributed by atoms with van der Waals surface area (Å²) in [5.74, 6) is 0. The predicted octanol–water partition coefficient (Wildman–Crippen LogP) is 2.85. The first-order valence-corrected chi connectivity index (χ1v) is 6.25. The molecule has 96 valence electrons. The normalized spacial score (nSPS) is 14.1. The summed E-state index contributed by atoms with van der Waals surface area (Å²) in [6, 6.07) is 7.06. The van der Waals surface area contributed by atoms with Crippen molar-refractivity contribution in [3.8, 4) is 0 Å². The molecule has 0 fully saturated rings. The number of rotatable bonds is 3. The Kier molecular flexibility index (Phi) is 4.34. The zero-order valence-electron chi connectivity index (χ0n) is 12.0. The highest BCUT2D eigenvalue weighted by molar-refractivity contribution is 5.36. The van der Waals surface area contributed by atoms with Crippen LogP contribution in [0.25, 0.3) is 0 Å². The van der Waals surface area contributed by atoms with E-state index in [9.17, 15) is 0 Å². The van der Waals surface area contributed by atoms with Crippen LogP contribution >= 0.6 is 0 Å². The molecule has 2 heteroatoms. The molecule has 0 spiro atoms. The van der Waals surface area contributed by atoms with Crippen molar-refractivity contribution >= 4 is 0 Å². The molecule has 0 aliphatic rings. The molecule has 17 heavy (non-hydrogen) atoms. The number of nitrogens with zero attached hydrogens (tertiary/aromatic N) is 1. The highest BCUT2D eigenvalue weighted by atomic mass is 15.1. The maximum atomic E-state index is 5.86. The Morgan fingerprint density at radius 3 is 2.18 bits per heavy atom. The number of benzene rings is 1. The van der Waals surface area contributed by atoms with Crippen molar-refractivity contribution in [3.63, 3.8) is 0 Å². The van der Waals surface area contributed by atoms with Gasteiger partial charge < -0.3 is 10.6 Å². The van der Waals surface area contributed by atoms with Gasteiger partial charge >= 0.3 is 0 Å². The molecule has 2 N–H and O–H groups in total. The molecule has 0 heterocycles. The molecule has 0 amide bonds. The van der Waals surface area contributed by atoms with E-state index in [1.807, 2.05) is 0 Å². The van der Waals surface area contributed by atoms with E-state index in [1.165, 1.54) is 16.7 Å². The monoisotopic (exact) mass is 234 g/mol. The van der Waals surface area contributed by atoms with E-state index < -0.39 is 0 Å². The van der Waals surface area contributed by atoms with Gasteiger partial charge in [0.25, 0.3) is 0 Å². The molecular weight excluding hydrogens is 208 g/mol. The van der Waals surface area contributed by atoms with Crippen LogP contribution in [-0.2, 0) is 5.41 Å². The molecule has 0 aliphatic carbocycles. The zero-order chi connectivity index (χ0) is 13.2. The fourth-order valence-electron chi connectivity index (χ4n) is 2.13. The van der Waals surface area contributed by atoms with Crippen LogP contribution in [0.3, 0.4) is 0 Å². The summed E-state index contributed by atoms with van der Waals surface area (Å²) >= 11 is 0. The number of hydrogen-bond donors (Lipinski definition) is 1. The lowest BCUT2D eigenvalue weighted by Gasteiger charge is -2.27. The van der Waals surface area contributed by atoms with E-state index in [-0.39, 0.29) is 5.41 Å².